The molecule has 1 saturated heterocycles. The SMILES string of the molecule is CC#CC[N+]1=C(NC)N=C2C1C(=O)N(Cc1nc(C)c3ccccc3n1)C(=O)N2C. The van der Waals surface area contributed by atoms with Gasteiger partial charge < -0.3 is 0 Å². The number of aryl methyl sites for hydroxylation is 1. The average Bonchev–Trinajstić information content (AvgIpc) is 3.12. The summed E-state index contributed by atoms with van der Waals surface area (Å²) in [6, 6.07) is 6.48. The zero-order valence-corrected chi connectivity index (χ0v) is 17.3. The number of carbonyl (C=O) groups is 2. The van der Waals surface area contributed by atoms with Gasteiger partial charge in [-0.1, -0.05) is 29.1 Å². The molecule has 9 heteroatoms. The Kier molecular flexibility index (Phi) is 4.91. The third-order valence-electron chi connectivity index (χ3n) is 5.20. The van der Waals surface area contributed by atoms with E-state index in [1.165, 1.54) is 9.80 Å². The molecule has 2 aromatic rings. The first kappa shape index (κ1) is 19.5. The van der Waals surface area contributed by atoms with Gasteiger partial charge >= 0.3 is 12.0 Å². The van der Waals surface area contributed by atoms with E-state index in [9.17, 15) is 9.59 Å². The topological polar surface area (TPSA) is 93.8 Å². The van der Waals surface area contributed by atoms with Gasteiger partial charge in [-0.25, -0.2) is 19.3 Å². The second-order valence-electron chi connectivity index (χ2n) is 7.01. The van der Waals surface area contributed by atoms with Gasteiger partial charge in [-0.2, -0.15) is 0 Å². The highest BCUT2D eigenvalue weighted by atomic mass is 16.2. The number of amidine groups is 1. The van der Waals surface area contributed by atoms with Crippen molar-refractivity contribution < 1.29 is 14.2 Å². The molecular formula is C21H22N7O2+. The van der Waals surface area contributed by atoms with Crippen molar-refractivity contribution in [3.8, 4) is 11.8 Å². The van der Waals surface area contributed by atoms with Crippen LogP contribution in [0.5, 0.6) is 0 Å². The number of likely N-dealkylation sites (N-methyl/N-ethyl adjacent to an activating group) is 1. The van der Waals surface area contributed by atoms with Crippen LogP contribution < -0.4 is 5.32 Å². The number of nitrogens with one attached hydrogen (secondary N) is 1. The van der Waals surface area contributed by atoms with Crippen LogP contribution >= 0.6 is 0 Å². The van der Waals surface area contributed by atoms with Crippen molar-refractivity contribution in [3.63, 3.8) is 0 Å². The Hall–Kier alpha value is -3.80. The second-order valence-corrected chi connectivity index (χ2v) is 7.01. The van der Waals surface area contributed by atoms with Crippen LogP contribution in [-0.4, -0.2) is 74.8 Å². The van der Waals surface area contributed by atoms with Crippen LogP contribution in [0.2, 0.25) is 0 Å². The van der Waals surface area contributed by atoms with Crippen LogP contribution in [-0.2, 0) is 11.3 Å². The molecule has 1 N–H and O–H groups in total. The maximum absolute atomic E-state index is 13.4. The van der Waals surface area contributed by atoms with E-state index in [2.05, 4.69) is 32.1 Å². The molecule has 0 bridgehead atoms. The van der Waals surface area contributed by atoms with Gasteiger partial charge in [0.2, 0.25) is 11.9 Å². The molecule has 0 saturated carbocycles. The van der Waals surface area contributed by atoms with E-state index in [4.69, 9.17) is 0 Å². The monoisotopic (exact) mass is 404 g/mol. The Morgan fingerprint density at radius 1 is 1.23 bits per heavy atom. The first-order valence-corrected chi connectivity index (χ1v) is 9.57. The molecule has 9 nitrogen and oxygen atoms in total. The molecule has 0 radical (unpaired) electrons. The molecule has 1 aromatic heterocycles. The molecular weight excluding hydrogens is 382 g/mol. The maximum atomic E-state index is 13.4. The van der Waals surface area contributed by atoms with Crippen LogP contribution in [0.1, 0.15) is 18.4 Å². The van der Waals surface area contributed by atoms with Crippen molar-refractivity contribution in [2.75, 3.05) is 20.6 Å². The summed E-state index contributed by atoms with van der Waals surface area (Å²) >= 11 is 0. The van der Waals surface area contributed by atoms with Crippen LogP contribution in [0.3, 0.4) is 0 Å². The smallest absolute Gasteiger partial charge is 0.277 e. The van der Waals surface area contributed by atoms with Gasteiger partial charge in [0, 0.05) is 18.1 Å². The zero-order chi connectivity index (χ0) is 21.4. The summed E-state index contributed by atoms with van der Waals surface area (Å²) in [4.78, 5) is 42.4. The number of rotatable bonds is 3. The van der Waals surface area contributed by atoms with Crippen molar-refractivity contribution >= 4 is 34.6 Å². The third kappa shape index (κ3) is 3.06. The molecule has 1 unspecified atom stereocenters. The molecule has 3 amide bonds. The second kappa shape index (κ2) is 7.55. The number of carbonyl (C=O) groups excluding carboxylic acids is 2. The van der Waals surface area contributed by atoms with E-state index in [0.717, 1.165) is 16.6 Å². The summed E-state index contributed by atoms with van der Waals surface area (Å²) in [6.45, 7) is 3.93. The van der Waals surface area contributed by atoms with Gasteiger partial charge in [0.05, 0.1) is 19.1 Å². The highest BCUT2D eigenvalue weighted by molar-refractivity contribution is 6.22. The van der Waals surface area contributed by atoms with Crippen molar-refractivity contribution in [3.05, 3.63) is 35.8 Å². The molecule has 2 aliphatic rings. The molecule has 30 heavy (non-hydrogen) atoms. The highest BCUT2D eigenvalue weighted by Gasteiger charge is 2.52. The number of hydrogen-bond acceptors (Lipinski definition) is 6. The number of amides is 3. The number of para-hydroxylation sites is 1. The number of guanidine groups is 1. The number of fused-ring (bicyclic) bond motifs is 2. The predicted molar refractivity (Wildman–Crippen MR) is 112 cm³/mol. The Bertz CT molecular complexity index is 1190. The van der Waals surface area contributed by atoms with Gasteiger partial charge in [0.15, 0.2) is 0 Å². The van der Waals surface area contributed by atoms with Crippen LogP contribution in [0.25, 0.3) is 10.9 Å². The molecule has 3 heterocycles. The molecule has 0 aliphatic carbocycles. The van der Waals surface area contributed by atoms with Gasteiger partial charge in [0.1, 0.15) is 12.4 Å². The summed E-state index contributed by atoms with van der Waals surface area (Å²) in [5.41, 5.74) is 1.58. The summed E-state index contributed by atoms with van der Waals surface area (Å²) in [5.74, 6) is 6.74. The van der Waals surface area contributed by atoms with Gasteiger partial charge in [-0.05, 0) is 19.9 Å². The summed E-state index contributed by atoms with van der Waals surface area (Å²) in [7, 11) is 3.33. The van der Waals surface area contributed by atoms with E-state index < -0.39 is 12.1 Å². The zero-order valence-electron chi connectivity index (χ0n) is 17.3. The number of urea groups is 1. The summed E-state index contributed by atoms with van der Waals surface area (Å²) in [5, 5.41) is 3.92. The van der Waals surface area contributed by atoms with Crippen LogP contribution in [0.15, 0.2) is 29.3 Å². The van der Waals surface area contributed by atoms with Gasteiger partial charge in [-0.15, -0.1) is 5.92 Å². The number of benzene rings is 1. The Morgan fingerprint density at radius 3 is 2.73 bits per heavy atom. The van der Waals surface area contributed by atoms with E-state index in [1.54, 1.807) is 25.6 Å². The maximum Gasteiger partial charge on any atom is 0.390 e. The lowest BCUT2D eigenvalue weighted by Crippen LogP contribution is -2.62. The number of nitrogens with zero attached hydrogens (tertiary/aromatic N) is 6. The summed E-state index contributed by atoms with van der Waals surface area (Å²) in [6.07, 6.45) is 0. The quantitative estimate of drug-likeness (QED) is 0.601. The molecule has 2 aliphatic heterocycles. The van der Waals surface area contributed by atoms with Crippen molar-refractivity contribution in [2.24, 2.45) is 4.99 Å². The van der Waals surface area contributed by atoms with Gasteiger partial charge in [0.25, 0.3) is 5.91 Å². The molecule has 1 atom stereocenters. The first-order valence-electron chi connectivity index (χ1n) is 9.57. The lowest BCUT2D eigenvalue weighted by Gasteiger charge is -2.33. The molecule has 152 valence electrons. The Labute approximate surface area is 174 Å². The predicted octanol–water partition coefficient (Wildman–Crippen LogP) is 0.724. The third-order valence-corrected chi connectivity index (χ3v) is 5.20. The largest absolute Gasteiger partial charge is 0.390 e. The van der Waals surface area contributed by atoms with Gasteiger partial charge in [-0.3, -0.25) is 19.9 Å². The van der Waals surface area contributed by atoms with Crippen molar-refractivity contribution in [1.82, 2.24) is 25.1 Å². The highest BCUT2D eigenvalue weighted by Crippen LogP contribution is 2.22. The minimum absolute atomic E-state index is 0.0142. The number of imide groups is 1. The number of hydrogen-bond donors (Lipinski definition) is 1. The fraction of sp³-hybridized carbons (Fsp3) is 0.333. The Morgan fingerprint density at radius 2 is 2.00 bits per heavy atom. The van der Waals surface area contributed by atoms with E-state index in [1.807, 2.05) is 31.2 Å². The van der Waals surface area contributed by atoms with E-state index in [0.29, 0.717) is 24.2 Å². The number of aliphatic imine (C=N–C) groups is 1. The van der Waals surface area contributed by atoms with Crippen LogP contribution in [0.4, 0.5) is 4.79 Å². The standard InChI is InChI=1S/C21H21N7O2/c1-5-6-11-27-17-18(25-20(27)22-3)26(4)21(30)28(19(17)29)12-16-23-13(2)14-9-7-8-10-15(14)24-16/h7-10,17H,11-12H2,1-4H3/p+1. The molecule has 0 spiro atoms. The molecule has 1 aromatic carbocycles. The first-order chi connectivity index (χ1) is 14.5. The van der Waals surface area contributed by atoms with E-state index >= 15 is 0 Å². The van der Waals surface area contributed by atoms with Crippen molar-refractivity contribution in [1.29, 1.82) is 0 Å². The fourth-order valence-electron chi connectivity index (χ4n) is 3.70. The minimum atomic E-state index is -0.724. The minimum Gasteiger partial charge on any atom is -0.277 e. The van der Waals surface area contributed by atoms with Crippen LogP contribution in [0, 0.1) is 18.8 Å². The fourth-order valence-corrected chi connectivity index (χ4v) is 3.70. The summed E-state index contributed by atoms with van der Waals surface area (Å²) < 4.78 is 1.76. The lowest BCUT2D eigenvalue weighted by molar-refractivity contribution is -0.525. The lowest BCUT2D eigenvalue weighted by atomic mass is 10.1. The molecule has 4 rings (SSSR count). The average molecular weight is 404 g/mol. The number of aromatic nitrogens is 2. The normalized spacial score (nSPS) is 18.4. The van der Waals surface area contributed by atoms with Crippen molar-refractivity contribution in [2.45, 2.75) is 26.4 Å². The van der Waals surface area contributed by atoms with E-state index in [-0.39, 0.29) is 12.5 Å². The Balaban J connectivity index is 1.70. The molecule has 1 fully saturated rings.